The van der Waals surface area contributed by atoms with Crippen molar-refractivity contribution in [3.05, 3.63) is 77.8 Å². The lowest BCUT2D eigenvalue weighted by Crippen LogP contribution is -2.30. The summed E-state index contributed by atoms with van der Waals surface area (Å²) in [7, 11) is 0. The topological polar surface area (TPSA) is 67.4 Å². The molecule has 0 aliphatic carbocycles. The van der Waals surface area contributed by atoms with Gasteiger partial charge in [0.25, 0.3) is 5.91 Å². The van der Waals surface area contributed by atoms with Gasteiger partial charge >= 0.3 is 0 Å². The maximum absolute atomic E-state index is 12.4. The van der Waals surface area contributed by atoms with Crippen LogP contribution in [0, 0.1) is 0 Å². The highest BCUT2D eigenvalue weighted by molar-refractivity contribution is 6.34. The molecule has 5 nitrogen and oxygen atoms in total. The minimum Gasteiger partial charge on any atom is -0.481 e. The Morgan fingerprint density at radius 2 is 1.55 bits per heavy atom. The highest BCUT2D eigenvalue weighted by Crippen LogP contribution is 2.26. The third-order valence-electron chi connectivity index (χ3n) is 4.19. The van der Waals surface area contributed by atoms with Crippen molar-refractivity contribution in [1.29, 1.82) is 0 Å². The van der Waals surface area contributed by atoms with Crippen LogP contribution < -0.4 is 15.4 Å². The summed E-state index contributed by atoms with van der Waals surface area (Å²) in [5, 5.41) is 5.71. The van der Waals surface area contributed by atoms with Crippen LogP contribution in [-0.2, 0) is 9.59 Å². The maximum atomic E-state index is 12.4. The van der Waals surface area contributed by atoms with Crippen LogP contribution in [0.4, 0.5) is 11.4 Å². The summed E-state index contributed by atoms with van der Waals surface area (Å²) in [6, 6.07) is 22.5. The molecule has 0 fully saturated rings. The number of carbonyl (C=O) groups is 2. The number of rotatable bonds is 6. The van der Waals surface area contributed by atoms with Gasteiger partial charge in [-0.1, -0.05) is 54.1 Å². The zero-order valence-corrected chi connectivity index (χ0v) is 16.9. The monoisotopic (exact) mass is 408 g/mol. The van der Waals surface area contributed by atoms with E-state index in [4.69, 9.17) is 16.3 Å². The van der Waals surface area contributed by atoms with Gasteiger partial charge in [-0.05, 0) is 48.4 Å². The van der Waals surface area contributed by atoms with Crippen molar-refractivity contribution < 1.29 is 14.3 Å². The molecule has 0 saturated carbocycles. The van der Waals surface area contributed by atoms with Gasteiger partial charge in [-0.15, -0.1) is 0 Å². The number of carbonyl (C=O) groups excluding carboxylic acids is 2. The van der Waals surface area contributed by atoms with Crippen LogP contribution in [0.15, 0.2) is 72.8 Å². The molecular weight excluding hydrogens is 388 g/mol. The molecule has 6 heteroatoms. The molecule has 3 aromatic rings. The molecule has 0 aliphatic rings. The summed E-state index contributed by atoms with van der Waals surface area (Å²) in [4.78, 5) is 23.6. The molecule has 3 rings (SSSR count). The van der Waals surface area contributed by atoms with Gasteiger partial charge in [-0.25, -0.2) is 0 Å². The van der Waals surface area contributed by atoms with E-state index < -0.39 is 6.10 Å². The predicted octanol–water partition coefficient (Wildman–Crippen LogP) is 5.37. The average molecular weight is 409 g/mol. The smallest absolute Gasteiger partial charge is 0.265 e. The van der Waals surface area contributed by atoms with Crippen molar-refractivity contribution in [1.82, 2.24) is 0 Å². The van der Waals surface area contributed by atoms with Crippen LogP contribution in [0.5, 0.6) is 5.75 Å². The van der Waals surface area contributed by atoms with E-state index in [0.29, 0.717) is 22.1 Å². The first kappa shape index (κ1) is 20.4. The van der Waals surface area contributed by atoms with E-state index in [0.717, 1.165) is 11.1 Å². The van der Waals surface area contributed by atoms with Gasteiger partial charge in [-0.2, -0.15) is 0 Å². The van der Waals surface area contributed by atoms with Gasteiger partial charge in [-0.3, -0.25) is 9.59 Å². The first-order chi connectivity index (χ1) is 13.9. The van der Waals surface area contributed by atoms with Crippen molar-refractivity contribution in [2.24, 2.45) is 0 Å². The highest BCUT2D eigenvalue weighted by atomic mass is 35.5. The number of amides is 2. The van der Waals surface area contributed by atoms with Gasteiger partial charge in [0.2, 0.25) is 5.91 Å². The zero-order valence-electron chi connectivity index (χ0n) is 16.1. The van der Waals surface area contributed by atoms with Crippen molar-refractivity contribution in [3.63, 3.8) is 0 Å². The van der Waals surface area contributed by atoms with E-state index in [1.807, 2.05) is 54.6 Å². The summed E-state index contributed by atoms with van der Waals surface area (Å²) >= 11 is 6.13. The molecule has 0 aliphatic heterocycles. The number of hydrogen-bond acceptors (Lipinski definition) is 3. The first-order valence-corrected chi connectivity index (χ1v) is 9.50. The molecule has 2 N–H and O–H groups in total. The van der Waals surface area contributed by atoms with E-state index in [-0.39, 0.29) is 11.8 Å². The number of ether oxygens (including phenoxy) is 1. The fourth-order valence-electron chi connectivity index (χ4n) is 2.74. The number of nitrogens with one attached hydrogen (secondary N) is 2. The second kappa shape index (κ2) is 9.26. The van der Waals surface area contributed by atoms with Crippen molar-refractivity contribution >= 4 is 34.8 Å². The summed E-state index contributed by atoms with van der Waals surface area (Å²) in [6.45, 7) is 3.07. The maximum Gasteiger partial charge on any atom is 0.265 e. The molecule has 0 bridgehead atoms. The third kappa shape index (κ3) is 5.59. The summed E-state index contributed by atoms with van der Waals surface area (Å²) in [6.07, 6.45) is -0.702. The first-order valence-electron chi connectivity index (χ1n) is 9.12. The molecule has 1 unspecified atom stereocenters. The van der Waals surface area contributed by atoms with Gasteiger partial charge in [0.1, 0.15) is 5.75 Å². The van der Waals surface area contributed by atoms with Gasteiger partial charge in [0, 0.05) is 12.6 Å². The van der Waals surface area contributed by atoms with Crippen LogP contribution in [-0.4, -0.2) is 17.9 Å². The molecule has 0 spiro atoms. The Balaban J connectivity index is 1.60. The highest BCUT2D eigenvalue weighted by Gasteiger charge is 2.16. The molecule has 0 radical (unpaired) electrons. The molecule has 29 heavy (non-hydrogen) atoms. The van der Waals surface area contributed by atoms with Gasteiger partial charge < -0.3 is 15.4 Å². The summed E-state index contributed by atoms with van der Waals surface area (Å²) in [5.74, 6) is 0.0795. The largest absolute Gasteiger partial charge is 0.481 e. The minimum atomic E-state index is -0.702. The number of anilines is 2. The lowest BCUT2D eigenvalue weighted by Gasteiger charge is -2.16. The lowest BCUT2D eigenvalue weighted by atomic mass is 10.1. The number of benzene rings is 3. The number of halogens is 1. The molecule has 0 saturated heterocycles. The van der Waals surface area contributed by atoms with E-state index >= 15 is 0 Å². The average Bonchev–Trinajstić information content (AvgIpc) is 2.71. The Hall–Kier alpha value is -3.31. The fraction of sp³-hybridized carbons (Fsp3) is 0.130. The Kier molecular flexibility index (Phi) is 6.52. The van der Waals surface area contributed by atoms with E-state index in [1.54, 1.807) is 25.1 Å². The Morgan fingerprint density at radius 3 is 2.17 bits per heavy atom. The molecule has 1 atom stereocenters. The molecule has 148 valence electrons. The van der Waals surface area contributed by atoms with E-state index in [2.05, 4.69) is 10.6 Å². The standard InChI is InChI=1S/C23H21ClN2O3/c1-15(23(28)26-19-10-13-22(21(24)14-19)25-16(2)27)29-20-11-8-18(9-12-20)17-6-4-3-5-7-17/h3-15H,1-2H3,(H,25,27)(H,26,28). The SMILES string of the molecule is CC(=O)Nc1ccc(NC(=O)C(C)Oc2ccc(-c3ccccc3)cc2)cc1Cl. The zero-order chi connectivity index (χ0) is 20.8. The Morgan fingerprint density at radius 1 is 0.897 bits per heavy atom. The van der Waals surface area contributed by atoms with Crippen LogP contribution in [0.25, 0.3) is 11.1 Å². The van der Waals surface area contributed by atoms with Crippen LogP contribution in [0.1, 0.15) is 13.8 Å². The Labute approximate surface area is 174 Å². The van der Waals surface area contributed by atoms with E-state index in [1.165, 1.54) is 6.92 Å². The normalized spacial score (nSPS) is 11.4. The third-order valence-corrected chi connectivity index (χ3v) is 4.50. The molecule has 0 heterocycles. The van der Waals surface area contributed by atoms with Crippen LogP contribution >= 0.6 is 11.6 Å². The van der Waals surface area contributed by atoms with Gasteiger partial charge in [0.15, 0.2) is 6.10 Å². The Bertz CT molecular complexity index is 1000. The molecule has 2 amide bonds. The molecule has 3 aromatic carbocycles. The second-order valence-corrected chi connectivity index (χ2v) is 6.92. The molecule has 0 aromatic heterocycles. The van der Waals surface area contributed by atoms with Crippen LogP contribution in [0.3, 0.4) is 0 Å². The van der Waals surface area contributed by atoms with Crippen molar-refractivity contribution in [3.8, 4) is 16.9 Å². The molecular formula is C23H21ClN2O3. The lowest BCUT2D eigenvalue weighted by molar-refractivity contribution is -0.122. The van der Waals surface area contributed by atoms with Gasteiger partial charge in [0.05, 0.1) is 10.7 Å². The van der Waals surface area contributed by atoms with Crippen LogP contribution in [0.2, 0.25) is 5.02 Å². The summed E-state index contributed by atoms with van der Waals surface area (Å²) in [5.41, 5.74) is 3.19. The predicted molar refractivity (Wildman–Crippen MR) is 116 cm³/mol. The van der Waals surface area contributed by atoms with Crippen molar-refractivity contribution in [2.75, 3.05) is 10.6 Å². The summed E-state index contributed by atoms with van der Waals surface area (Å²) < 4.78 is 5.74. The second-order valence-electron chi connectivity index (χ2n) is 6.52. The fourth-order valence-corrected chi connectivity index (χ4v) is 2.97. The quantitative estimate of drug-likeness (QED) is 0.576. The van der Waals surface area contributed by atoms with E-state index in [9.17, 15) is 9.59 Å². The minimum absolute atomic E-state index is 0.219. The van der Waals surface area contributed by atoms with Crippen molar-refractivity contribution in [2.45, 2.75) is 20.0 Å². The number of hydrogen-bond donors (Lipinski definition) is 2.